The summed E-state index contributed by atoms with van der Waals surface area (Å²) in [6.45, 7) is 2.55. The van der Waals surface area contributed by atoms with E-state index in [2.05, 4.69) is 21.1 Å². The second-order valence-corrected chi connectivity index (χ2v) is 5.76. The van der Waals surface area contributed by atoms with Crippen LogP contribution in [0.25, 0.3) is 0 Å². The highest BCUT2D eigenvalue weighted by Gasteiger charge is 2.16. The Morgan fingerprint density at radius 3 is 2.64 bits per heavy atom. The number of nitrogens with one attached hydrogen (secondary N) is 3. The van der Waals surface area contributed by atoms with Gasteiger partial charge in [0.25, 0.3) is 0 Å². The maximum atomic E-state index is 11.8. The molecule has 1 fully saturated rings. The molecule has 0 aromatic carbocycles. The summed E-state index contributed by atoms with van der Waals surface area (Å²) in [4.78, 5) is 23.4. The second-order valence-electron chi connectivity index (χ2n) is 5.76. The van der Waals surface area contributed by atoms with Gasteiger partial charge in [-0.2, -0.15) is 0 Å². The molecule has 1 aromatic rings. The Morgan fingerprint density at radius 2 is 1.95 bits per heavy atom. The first-order chi connectivity index (χ1) is 10.6. The van der Waals surface area contributed by atoms with E-state index in [1.807, 2.05) is 0 Å². The highest BCUT2D eigenvalue weighted by atomic mass is 16.5. The molecule has 22 heavy (non-hydrogen) atoms. The Bertz CT molecular complexity index is 495. The first-order valence-electron chi connectivity index (χ1n) is 7.88. The summed E-state index contributed by atoms with van der Waals surface area (Å²) >= 11 is 0. The SMILES string of the molecule is Cc1cc(NC(=O)NCCNC(=O)CC2CCCCC2)no1. The van der Waals surface area contributed by atoms with Crippen LogP contribution in [0.3, 0.4) is 0 Å². The number of urea groups is 1. The zero-order valence-electron chi connectivity index (χ0n) is 13.0. The first kappa shape index (κ1) is 16.3. The number of nitrogens with zero attached hydrogens (tertiary/aromatic N) is 1. The van der Waals surface area contributed by atoms with Gasteiger partial charge in [0.15, 0.2) is 5.82 Å². The number of aryl methyl sites for hydroxylation is 1. The fourth-order valence-electron chi connectivity index (χ4n) is 2.69. The standard InChI is InChI=1S/C15H24N4O3/c1-11-9-13(19-22-11)18-15(21)17-8-7-16-14(20)10-12-5-3-2-4-6-12/h9,12H,2-8,10H2,1H3,(H,16,20)(H2,17,18,19,21). The fraction of sp³-hybridized carbons (Fsp3) is 0.667. The number of anilines is 1. The Morgan fingerprint density at radius 1 is 1.23 bits per heavy atom. The van der Waals surface area contributed by atoms with Crippen LogP contribution in [-0.4, -0.2) is 30.2 Å². The molecular weight excluding hydrogens is 284 g/mol. The van der Waals surface area contributed by atoms with Crippen LogP contribution in [0.15, 0.2) is 10.6 Å². The molecule has 1 aliphatic carbocycles. The third-order valence-electron chi connectivity index (χ3n) is 3.80. The van der Waals surface area contributed by atoms with E-state index in [0.717, 1.165) is 12.8 Å². The van der Waals surface area contributed by atoms with Gasteiger partial charge in [0.2, 0.25) is 5.91 Å². The van der Waals surface area contributed by atoms with E-state index in [4.69, 9.17) is 4.52 Å². The van der Waals surface area contributed by atoms with Crippen LogP contribution >= 0.6 is 0 Å². The summed E-state index contributed by atoms with van der Waals surface area (Å²) in [6.07, 6.45) is 6.69. The quantitative estimate of drug-likeness (QED) is 0.702. The van der Waals surface area contributed by atoms with Crippen LogP contribution in [-0.2, 0) is 4.79 Å². The normalized spacial score (nSPS) is 15.3. The molecule has 122 valence electrons. The maximum Gasteiger partial charge on any atom is 0.320 e. The van der Waals surface area contributed by atoms with Gasteiger partial charge in [-0.15, -0.1) is 0 Å². The van der Waals surface area contributed by atoms with E-state index in [9.17, 15) is 9.59 Å². The summed E-state index contributed by atoms with van der Waals surface area (Å²) in [5, 5.41) is 11.7. The molecule has 7 nitrogen and oxygen atoms in total. The van der Waals surface area contributed by atoms with Crippen molar-refractivity contribution in [3.8, 4) is 0 Å². The molecule has 1 aromatic heterocycles. The van der Waals surface area contributed by atoms with Gasteiger partial charge in [0, 0.05) is 25.6 Å². The number of rotatable bonds is 6. The summed E-state index contributed by atoms with van der Waals surface area (Å²) < 4.78 is 4.85. The van der Waals surface area contributed by atoms with E-state index >= 15 is 0 Å². The summed E-state index contributed by atoms with van der Waals surface area (Å²) in [5.41, 5.74) is 0. The third-order valence-corrected chi connectivity index (χ3v) is 3.80. The number of hydrogen-bond acceptors (Lipinski definition) is 4. The average Bonchev–Trinajstić information content (AvgIpc) is 2.90. The molecular formula is C15H24N4O3. The smallest absolute Gasteiger partial charge is 0.320 e. The Labute approximate surface area is 130 Å². The molecule has 1 heterocycles. The summed E-state index contributed by atoms with van der Waals surface area (Å²) in [7, 11) is 0. The Balaban J connectivity index is 1.54. The Kier molecular flexibility index (Phi) is 6.24. The zero-order valence-corrected chi connectivity index (χ0v) is 13.0. The molecule has 0 radical (unpaired) electrons. The predicted molar refractivity (Wildman–Crippen MR) is 82.5 cm³/mol. The number of carbonyl (C=O) groups is 2. The van der Waals surface area contributed by atoms with Crippen LogP contribution < -0.4 is 16.0 Å². The molecule has 3 amide bonds. The molecule has 1 aliphatic rings. The lowest BCUT2D eigenvalue weighted by atomic mass is 9.87. The fourth-order valence-corrected chi connectivity index (χ4v) is 2.69. The average molecular weight is 308 g/mol. The van der Waals surface area contributed by atoms with Gasteiger partial charge in [-0.3, -0.25) is 10.1 Å². The van der Waals surface area contributed by atoms with Crippen molar-refractivity contribution in [1.29, 1.82) is 0 Å². The highest BCUT2D eigenvalue weighted by Crippen LogP contribution is 2.25. The lowest BCUT2D eigenvalue weighted by Crippen LogP contribution is -2.37. The predicted octanol–water partition coefficient (Wildman–Crippen LogP) is 2.19. The molecule has 0 bridgehead atoms. The van der Waals surface area contributed by atoms with Gasteiger partial charge in [-0.1, -0.05) is 24.4 Å². The van der Waals surface area contributed by atoms with E-state index in [0.29, 0.717) is 37.0 Å². The summed E-state index contributed by atoms with van der Waals surface area (Å²) in [6, 6.07) is 1.26. The molecule has 0 aliphatic heterocycles. The lowest BCUT2D eigenvalue weighted by molar-refractivity contribution is -0.122. The second kappa shape index (κ2) is 8.41. The minimum absolute atomic E-state index is 0.0706. The van der Waals surface area contributed by atoms with Gasteiger partial charge in [0.1, 0.15) is 5.76 Å². The molecule has 7 heteroatoms. The number of carbonyl (C=O) groups excluding carboxylic acids is 2. The number of aromatic nitrogens is 1. The van der Waals surface area contributed by atoms with Crippen LogP contribution in [0.1, 0.15) is 44.3 Å². The third kappa shape index (κ3) is 5.75. The van der Waals surface area contributed by atoms with Crippen LogP contribution in [0, 0.1) is 12.8 Å². The molecule has 3 N–H and O–H groups in total. The van der Waals surface area contributed by atoms with E-state index < -0.39 is 0 Å². The molecule has 0 atom stereocenters. The monoisotopic (exact) mass is 308 g/mol. The van der Waals surface area contributed by atoms with Crippen molar-refractivity contribution < 1.29 is 14.1 Å². The largest absolute Gasteiger partial charge is 0.360 e. The van der Waals surface area contributed by atoms with Gasteiger partial charge in [-0.05, 0) is 25.7 Å². The molecule has 0 saturated heterocycles. The minimum Gasteiger partial charge on any atom is -0.360 e. The van der Waals surface area contributed by atoms with Crippen molar-refractivity contribution >= 4 is 17.8 Å². The molecule has 0 unspecified atom stereocenters. The van der Waals surface area contributed by atoms with Crippen molar-refractivity contribution in [2.75, 3.05) is 18.4 Å². The molecule has 2 rings (SSSR count). The van der Waals surface area contributed by atoms with Crippen molar-refractivity contribution in [1.82, 2.24) is 15.8 Å². The Hall–Kier alpha value is -2.05. The van der Waals surface area contributed by atoms with Gasteiger partial charge in [-0.25, -0.2) is 4.79 Å². The van der Waals surface area contributed by atoms with Crippen LogP contribution in [0.2, 0.25) is 0 Å². The lowest BCUT2D eigenvalue weighted by Gasteiger charge is -2.20. The summed E-state index contributed by atoms with van der Waals surface area (Å²) in [5.74, 6) is 1.60. The van der Waals surface area contributed by atoms with Crippen LogP contribution in [0.4, 0.5) is 10.6 Å². The van der Waals surface area contributed by atoms with Crippen molar-refractivity contribution in [3.63, 3.8) is 0 Å². The van der Waals surface area contributed by atoms with Gasteiger partial charge in [0.05, 0.1) is 0 Å². The zero-order chi connectivity index (χ0) is 15.8. The van der Waals surface area contributed by atoms with E-state index in [1.54, 1.807) is 13.0 Å². The molecule has 1 saturated carbocycles. The van der Waals surface area contributed by atoms with Crippen molar-refractivity contribution in [2.24, 2.45) is 5.92 Å². The minimum atomic E-state index is -0.366. The van der Waals surface area contributed by atoms with Gasteiger partial charge >= 0.3 is 6.03 Å². The first-order valence-corrected chi connectivity index (χ1v) is 7.88. The van der Waals surface area contributed by atoms with E-state index in [-0.39, 0.29) is 11.9 Å². The molecule has 0 spiro atoms. The maximum absolute atomic E-state index is 11.8. The number of amides is 3. The van der Waals surface area contributed by atoms with Crippen LogP contribution in [0.5, 0.6) is 0 Å². The van der Waals surface area contributed by atoms with E-state index in [1.165, 1.54) is 19.3 Å². The van der Waals surface area contributed by atoms with Crippen molar-refractivity contribution in [3.05, 3.63) is 11.8 Å². The number of hydrogen-bond donors (Lipinski definition) is 3. The topological polar surface area (TPSA) is 96.3 Å². The highest BCUT2D eigenvalue weighted by molar-refractivity contribution is 5.88. The van der Waals surface area contributed by atoms with Gasteiger partial charge < -0.3 is 15.2 Å². The van der Waals surface area contributed by atoms with Crippen molar-refractivity contribution in [2.45, 2.75) is 45.4 Å².